The van der Waals surface area contributed by atoms with Crippen LogP contribution in [0.25, 0.3) is 0 Å². The fraction of sp³-hybridized carbons (Fsp3) is 0.600. The molecular weight excluding hydrogens is 290 g/mol. The monoisotopic (exact) mass is 313 g/mol. The molecule has 0 saturated carbocycles. The van der Waals surface area contributed by atoms with Crippen molar-refractivity contribution in [3.8, 4) is 0 Å². The lowest BCUT2D eigenvalue weighted by atomic mass is 10.1. The van der Waals surface area contributed by atoms with Crippen molar-refractivity contribution in [2.24, 2.45) is 0 Å². The zero-order chi connectivity index (χ0) is 15.5. The van der Waals surface area contributed by atoms with E-state index in [1.54, 1.807) is 18.2 Å². The zero-order valence-electron chi connectivity index (χ0n) is 12.6. The Morgan fingerprint density at radius 2 is 2.19 bits per heavy atom. The molecule has 1 N–H and O–H groups in total. The van der Waals surface area contributed by atoms with E-state index < -0.39 is 10.1 Å². The van der Waals surface area contributed by atoms with Gasteiger partial charge in [-0.2, -0.15) is 8.42 Å². The van der Waals surface area contributed by atoms with Crippen LogP contribution in [0.4, 0.5) is 5.69 Å². The molecule has 1 aliphatic heterocycles. The standard InChI is InChI=1S/C15H23NO4S/c1-3-9-20-21(18,19)14-7-6-12(2)15(10-14)16-8-4-5-13(16)11-17/h6-7,10,13,17H,3-5,8-9,11H2,1-2H3/t13-/m0/s1. The Morgan fingerprint density at radius 3 is 2.86 bits per heavy atom. The summed E-state index contributed by atoms with van der Waals surface area (Å²) in [5.41, 5.74) is 1.87. The van der Waals surface area contributed by atoms with Crippen LogP contribution in [0.5, 0.6) is 0 Å². The number of hydrogen-bond donors (Lipinski definition) is 1. The Morgan fingerprint density at radius 1 is 1.43 bits per heavy atom. The van der Waals surface area contributed by atoms with Gasteiger partial charge in [-0.15, -0.1) is 0 Å². The average molecular weight is 313 g/mol. The van der Waals surface area contributed by atoms with E-state index in [0.717, 1.165) is 30.6 Å². The van der Waals surface area contributed by atoms with E-state index >= 15 is 0 Å². The highest BCUT2D eigenvalue weighted by molar-refractivity contribution is 7.86. The van der Waals surface area contributed by atoms with Gasteiger partial charge in [0.1, 0.15) is 0 Å². The third kappa shape index (κ3) is 3.56. The van der Waals surface area contributed by atoms with Gasteiger partial charge in [-0.05, 0) is 43.9 Å². The normalized spacial score (nSPS) is 19.2. The van der Waals surface area contributed by atoms with Crippen LogP contribution in [-0.2, 0) is 14.3 Å². The Bertz CT molecular complexity index is 585. The van der Waals surface area contributed by atoms with Crippen molar-refractivity contribution in [2.75, 3.05) is 24.7 Å². The van der Waals surface area contributed by atoms with E-state index in [1.165, 1.54) is 0 Å². The van der Waals surface area contributed by atoms with Crippen molar-refractivity contribution in [3.05, 3.63) is 23.8 Å². The third-order valence-corrected chi connectivity index (χ3v) is 5.12. The van der Waals surface area contributed by atoms with Gasteiger partial charge in [0.2, 0.25) is 0 Å². The summed E-state index contributed by atoms with van der Waals surface area (Å²) in [7, 11) is -3.70. The molecule has 1 aromatic rings. The fourth-order valence-electron chi connectivity index (χ4n) is 2.66. The molecule has 5 nitrogen and oxygen atoms in total. The van der Waals surface area contributed by atoms with Gasteiger partial charge in [-0.3, -0.25) is 4.18 Å². The van der Waals surface area contributed by atoms with E-state index in [-0.39, 0.29) is 24.2 Å². The number of benzene rings is 1. The van der Waals surface area contributed by atoms with Gasteiger partial charge in [0.25, 0.3) is 10.1 Å². The highest BCUT2D eigenvalue weighted by Gasteiger charge is 2.26. The third-order valence-electron chi connectivity index (χ3n) is 3.81. The predicted molar refractivity (Wildman–Crippen MR) is 82.1 cm³/mol. The Balaban J connectivity index is 2.33. The molecule has 1 fully saturated rings. The molecule has 0 amide bonds. The van der Waals surface area contributed by atoms with Gasteiger partial charge < -0.3 is 10.0 Å². The molecule has 1 aliphatic rings. The number of aliphatic hydroxyl groups excluding tert-OH is 1. The maximum atomic E-state index is 12.1. The number of hydrogen-bond acceptors (Lipinski definition) is 5. The molecule has 21 heavy (non-hydrogen) atoms. The second-order valence-corrected chi connectivity index (χ2v) is 7.01. The molecule has 0 unspecified atom stereocenters. The predicted octanol–water partition coefficient (Wildman–Crippen LogP) is 2.07. The smallest absolute Gasteiger partial charge is 0.297 e. The van der Waals surface area contributed by atoms with Crippen molar-refractivity contribution in [1.82, 2.24) is 0 Å². The number of nitrogens with zero attached hydrogens (tertiary/aromatic N) is 1. The molecule has 6 heteroatoms. The Hall–Kier alpha value is -1.11. The molecule has 1 saturated heterocycles. The van der Waals surface area contributed by atoms with Crippen LogP contribution in [-0.4, -0.2) is 39.3 Å². The summed E-state index contributed by atoms with van der Waals surface area (Å²) in [6, 6.07) is 5.10. The highest BCUT2D eigenvalue weighted by atomic mass is 32.2. The van der Waals surface area contributed by atoms with Crippen LogP contribution in [0.2, 0.25) is 0 Å². The minimum Gasteiger partial charge on any atom is -0.394 e. The molecule has 0 spiro atoms. The molecule has 2 rings (SSSR count). The van der Waals surface area contributed by atoms with Crippen molar-refractivity contribution < 1.29 is 17.7 Å². The molecule has 118 valence electrons. The second-order valence-electron chi connectivity index (χ2n) is 5.40. The van der Waals surface area contributed by atoms with Gasteiger partial charge in [0.05, 0.1) is 24.2 Å². The van der Waals surface area contributed by atoms with Gasteiger partial charge in [-0.25, -0.2) is 0 Å². The molecule has 1 atom stereocenters. The first kappa shape index (κ1) is 16.3. The van der Waals surface area contributed by atoms with Crippen LogP contribution in [0.1, 0.15) is 31.7 Å². The van der Waals surface area contributed by atoms with Crippen molar-refractivity contribution in [3.63, 3.8) is 0 Å². The van der Waals surface area contributed by atoms with Crippen LogP contribution in [0, 0.1) is 6.92 Å². The maximum Gasteiger partial charge on any atom is 0.297 e. The SMILES string of the molecule is CCCOS(=O)(=O)c1ccc(C)c(N2CCC[C@H]2CO)c1. The largest absolute Gasteiger partial charge is 0.394 e. The lowest BCUT2D eigenvalue weighted by Crippen LogP contribution is -2.32. The van der Waals surface area contributed by atoms with Crippen LogP contribution >= 0.6 is 0 Å². The lowest BCUT2D eigenvalue weighted by Gasteiger charge is -2.27. The molecule has 1 heterocycles. The fourth-order valence-corrected chi connectivity index (χ4v) is 3.67. The molecular formula is C15H23NO4S. The number of aryl methyl sites for hydroxylation is 1. The van der Waals surface area contributed by atoms with Crippen LogP contribution < -0.4 is 4.90 Å². The summed E-state index contributed by atoms with van der Waals surface area (Å²) < 4.78 is 29.2. The molecule has 0 aromatic heterocycles. The van der Waals surface area contributed by atoms with E-state index in [4.69, 9.17) is 4.18 Å². The Labute approximate surface area is 126 Å². The van der Waals surface area contributed by atoms with Crippen molar-refractivity contribution in [1.29, 1.82) is 0 Å². The van der Waals surface area contributed by atoms with E-state index in [1.807, 2.05) is 13.8 Å². The summed E-state index contributed by atoms with van der Waals surface area (Å²) in [6.07, 6.45) is 2.59. The molecule has 1 aromatic carbocycles. The molecule has 0 aliphatic carbocycles. The van der Waals surface area contributed by atoms with E-state index in [0.29, 0.717) is 6.42 Å². The van der Waals surface area contributed by atoms with Gasteiger partial charge >= 0.3 is 0 Å². The summed E-state index contributed by atoms with van der Waals surface area (Å²) in [5.74, 6) is 0. The number of rotatable bonds is 6. The summed E-state index contributed by atoms with van der Waals surface area (Å²) in [6.45, 7) is 4.93. The molecule has 0 radical (unpaired) electrons. The average Bonchev–Trinajstić information content (AvgIpc) is 2.93. The van der Waals surface area contributed by atoms with E-state index in [2.05, 4.69) is 4.90 Å². The summed E-state index contributed by atoms with van der Waals surface area (Å²) >= 11 is 0. The lowest BCUT2D eigenvalue weighted by molar-refractivity contribution is 0.266. The quantitative estimate of drug-likeness (QED) is 0.814. The molecule has 0 bridgehead atoms. The first-order chi connectivity index (χ1) is 9.99. The topological polar surface area (TPSA) is 66.8 Å². The van der Waals surface area contributed by atoms with Gasteiger partial charge in [0.15, 0.2) is 0 Å². The highest BCUT2D eigenvalue weighted by Crippen LogP contribution is 2.30. The Kier molecular flexibility index (Phi) is 5.24. The summed E-state index contributed by atoms with van der Waals surface area (Å²) in [4.78, 5) is 2.27. The van der Waals surface area contributed by atoms with Gasteiger partial charge in [0, 0.05) is 12.2 Å². The van der Waals surface area contributed by atoms with Crippen LogP contribution in [0.15, 0.2) is 23.1 Å². The van der Waals surface area contributed by atoms with Crippen molar-refractivity contribution in [2.45, 2.75) is 44.0 Å². The second kappa shape index (κ2) is 6.77. The zero-order valence-corrected chi connectivity index (χ0v) is 13.4. The first-order valence-corrected chi connectivity index (χ1v) is 8.78. The van der Waals surface area contributed by atoms with Gasteiger partial charge in [-0.1, -0.05) is 13.0 Å². The maximum absolute atomic E-state index is 12.1. The number of anilines is 1. The number of aliphatic hydroxyl groups is 1. The first-order valence-electron chi connectivity index (χ1n) is 7.37. The van der Waals surface area contributed by atoms with E-state index in [9.17, 15) is 13.5 Å². The summed E-state index contributed by atoms with van der Waals surface area (Å²) in [5, 5.41) is 9.45. The van der Waals surface area contributed by atoms with Crippen molar-refractivity contribution >= 4 is 15.8 Å². The van der Waals surface area contributed by atoms with Crippen LogP contribution in [0.3, 0.4) is 0 Å². The minimum absolute atomic E-state index is 0.0678. The minimum atomic E-state index is -3.70.